The summed E-state index contributed by atoms with van der Waals surface area (Å²) in [5.41, 5.74) is 6.50. The second kappa shape index (κ2) is 5.71. The summed E-state index contributed by atoms with van der Waals surface area (Å²) >= 11 is 3.43. The molecule has 17 heavy (non-hydrogen) atoms. The van der Waals surface area contributed by atoms with Crippen LogP contribution in [0.2, 0.25) is 0 Å². The van der Waals surface area contributed by atoms with Crippen molar-refractivity contribution in [3.63, 3.8) is 0 Å². The summed E-state index contributed by atoms with van der Waals surface area (Å²) in [5, 5.41) is 0. The molecule has 0 aliphatic carbocycles. The van der Waals surface area contributed by atoms with E-state index in [1.54, 1.807) is 0 Å². The Morgan fingerprint density at radius 1 is 1.59 bits per heavy atom. The van der Waals surface area contributed by atoms with Gasteiger partial charge in [0.15, 0.2) is 5.75 Å². The number of morpholine rings is 1. The Hall–Kier alpha value is -0.780. The molecule has 1 aromatic carbocycles. The molecule has 1 saturated heterocycles. The molecule has 0 radical (unpaired) electrons. The molecule has 5 heteroatoms. The van der Waals surface area contributed by atoms with E-state index in [2.05, 4.69) is 27.9 Å². The molecule has 0 spiro atoms. The Morgan fingerprint density at radius 2 is 2.41 bits per heavy atom. The fraction of sp³-hybridized carbons (Fsp3) is 0.500. The standard InChI is InChI=1S/C12H17BrN2O2/c1-15-5-6-16-9(7-15)8-17-12-10(13)3-2-4-11(12)14/h2-4,9H,5-8,14H2,1H3. The Morgan fingerprint density at radius 3 is 3.12 bits per heavy atom. The molecule has 0 bridgehead atoms. The number of ether oxygens (including phenoxy) is 2. The third-order valence-electron chi connectivity index (χ3n) is 2.75. The fourth-order valence-electron chi connectivity index (χ4n) is 1.82. The lowest BCUT2D eigenvalue weighted by atomic mass is 10.3. The van der Waals surface area contributed by atoms with Crippen molar-refractivity contribution in [2.24, 2.45) is 0 Å². The summed E-state index contributed by atoms with van der Waals surface area (Å²) in [6.07, 6.45) is 0.111. The number of nitrogen functional groups attached to an aromatic ring is 1. The van der Waals surface area contributed by atoms with Crippen LogP contribution < -0.4 is 10.5 Å². The molecule has 94 valence electrons. The highest BCUT2D eigenvalue weighted by atomic mass is 79.9. The van der Waals surface area contributed by atoms with Crippen molar-refractivity contribution in [2.75, 3.05) is 39.1 Å². The number of nitrogens with two attached hydrogens (primary N) is 1. The molecule has 0 amide bonds. The third-order valence-corrected chi connectivity index (χ3v) is 3.38. The fourth-order valence-corrected chi connectivity index (χ4v) is 2.32. The zero-order valence-electron chi connectivity index (χ0n) is 9.86. The van der Waals surface area contributed by atoms with Gasteiger partial charge in [0.2, 0.25) is 0 Å². The molecule has 1 atom stereocenters. The van der Waals surface area contributed by atoms with Crippen LogP contribution in [-0.2, 0) is 4.74 Å². The average molecular weight is 301 g/mol. The lowest BCUT2D eigenvalue weighted by molar-refractivity contribution is -0.0403. The molecule has 0 aromatic heterocycles. The first-order valence-electron chi connectivity index (χ1n) is 5.64. The largest absolute Gasteiger partial charge is 0.487 e. The Labute approximate surface area is 110 Å². The summed E-state index contributed by atoms with van der Waals surface area (Å²) in [4.78, 5) is 2.24. The van der Waals surface area contributed by atoms with E-state index in [4.69, 9.17) is 15.2 Å². The van der Waals surface area contributed by atoms with Gasteiger partial charge >= 0.3 is 0 Å². The van der Waals surface area contributed by atoms with Gasteiger partial charge in [0.05, 0.1) is 16.8 Å². The van der Waals surface area contributed by atoms with E-state index in [1.807, 2.05) is 18.2 Å². The van der Waals surface area contributed by atoms with Crippen molar-refractivity contribution in [2.45, 2.75) is 6.10 Å². The smallest absolute Gasteiger partial charge is 0.156 e. The minimum atomic E-state index is 0.111. The summed E-state index contributed by atoms with van der Waals surface area (Å²) in [6.45, 7) is 3.16. The van der Waals surface area contributed by atoms with Crippen molar-refractivity contribution in [3.05, 3.63) is 22.7 Å². The minimum absolute atomic E-state index is 0.111. The molecule has 2 N–H and O–H groups in total. The van der Waals surface area contributed by atoms with Gasteiger partial charge in [-0.2, -0.15) is 0 Å². The highest BCUT2D eigenvalue weighted by Crippen LogP contribution is 2.31. The van der Waals surface area contributed by atoms with Gasteiger partial charge in [-0.1, -0.05) is 6.07 Å². The van der Waals surface area contributed by atoms with Crippen LogP contribution in [-0.4, -0.2) is 44.4 Å². The zero-order chi connectivity index (χ0) is 12.3. The first kappa shape index (κ1) is 12.7. The van der Waals surface area contributed by atoms with Gasteiger partial charge in [-0.3, -0.25) is 0 Å². The van der Waals surface area contributed by atoms with Crippen molar-refractivity contribution >= 4 is 21.6 Å². The van der Waals surface area contributed by atoms with Gasteiger partial charge in [0.1, 0.15) is 12.7 Å². The van der Waals surface area contributed by atoms with Crippen molar-refractivity contribution in [1.29, 1.82) is 0 Å². The SMILES string of the molecule is CN1CCOC(COc2c(N)cccc2Br)C1. The molecule has 1 fully saturated rings. The minimum Gasteiger partial charge on any atom is -0.487 e. The maximum atomic E-state index is 5.86. The van der Waals surface area contributed by atoms with Crippen molar-refractivity contribution < 1.29 is 9.47 Å². The van der Waals surface area contributed by atoms with Crippen LogP contribution in [0, 0.1) is 0 Å². The molecule has 2 rings (SSSR count). The number of rotatable bonds is 3. The quantitative estimate of drug-likeness (QED) is 0.864. The van der Waals surface area contributed by atoms with E-state index in [9.17, 15) is 0 Å². The van der Waals surface area contributed by atoms with Crippen LogP contribution in [0.4, 0.5) is 5.69 Å². The second-order valence-corrected chi connectivity index (χ2v) is 5.08. The van der Waals surface area contributed by atoms with E-state index in [1.165, 1.54) is 0 Å². The number of likely N-dealkylation sites (N-methyl/N-ethyl adjacent to an activating group) is 1. The van der Waals surface area contributed by atoms with Crippen molar-refractivity contribution in [1.82, 2.24) is 4.90 Å². The monoisotopic (exact) mass is 300 g/mol. The van der Waals surface area contributed by atoms with Gasteiger partial charge in [0.25, 0.3) is 0 Å². The number of nitrogens with zero attached hydrogens (tertiary/aromatic N) is 1. The Kier molecular flexibility index (Phi) is 4.25. The number of anilines is 1. The van der Waals surface area contributed by atoms with Crippen LogP contribution in [0.1, 0.15) is 0 Å². The topological polar surface area (TPSA) is 47.7 Å². The zero-order valence-corrected chi connectivity index (χ0v) is 11.4. The van der Waals surface area contributed by atoms with Gasteiger partial charge in [-0.15, -0.1) is 0 Å². The van der Waals surface area contributed by atoms with Crippen LogP contribution in [0.15, 0.2) is 22.7 Å². The second-order valence-electron chi connectivity index (χ2n) is 4.22. The predicted molar refractivity (Wildman–Crippen MR) is 71.3 cm³/mol. The maximum Gasteiger partial charge on any atom is 0.156 e. The molecule has 4 nitrogen and oxygen atoms in total. The number of para-hydroxylation sites is 1. The highest BCUT2D eigenvalue weighted by Gasteiger charge is 2.19. The number of hydrogen-bond acceptors (Lipinski definition) is 4. The van der Waals surface area contributed by atoms with E-state index in [-0.39, 0.29) is 6.10 Å². The number of hydrogen-bond donors (Lipinski definition) is 1. The first-order chi connectivity index (χ1) is 8.16. The molecule has 1 aromatic rings. The predicted octanol–water partition coefficient (Wildman–Crippen LogP) is 1.74. The molecule has 1 aliphatic heterocycles. The first-order valence-corrected chi connectivity index (χ1v) is 6.43. The van der Waals surface area contributed by atoms with Crippen LogP contribution in [0.5, 0.6) is 5.75 Å². The molecular formula is C12H17BrN2O2. The molecule has 1 aliphatic rings. The van der Waals surface area contributed by atoms with E-state index in [0.29, 0.717) is 18.0 Å². The number of benzene rings is 1. The highest BCUT2D eigenvalue weighted by molar-refractivity contribution is 9.10. The van der Waals surface area contributed by atoms with E-state index in [0.717, 1.165) is 24.2 Å². The van der Waals surface area contributed by atoms with Crippen molar-refractivity contribution in [3.8, 4) is 5.75 Å². The van der Waals surface area contributed by atoms with Gasteiger partial charge in [0, 0.05) is 13.1 Å². The average Bonchev–Trinajstić information content (AvgIpc) is 2.28. The third kappa shape index (κ3) is 3.34. The van der Waals surface area contributed by atoms with Gasteiger partial charge in [-0.05, 0) is 35.1 Å². The van der Waals surface area contributed by atoms with Crippen LogP contribution >= 0.6 is 15.9 Å². The Bertz CT molecular complexity index is 367. The van der Waals surface area contributed by atoms with Crippen LogP contribution in [0.3, 0.4) is 0 Å². The van der Waals surface area contributed by atoms with E-state index < -0.39 is 0 Å². The maximum absolute atomic E-state index is 5.86. The molecule has 1 unspecified atom stereocenters. The van der Waals surface area contributed by atoms with E-state index >= 15 is 0 Å². The summed E-state index contributed by atoms with van der Waals surface area (Å²) in [5.74, 6) is 0.698. The lowest BCUT2D eigenvalue weighted by Crippen LogP contribution is -2.42. The normalized spacial score (nSPS) is 21.4. The Balaban J connectivity index is 1.93. The van der Waals surface area contributed by atoms with Gasteiger partial charge < -0.3 is 20.1 Å². The molecule has 0 saturated carbocycles. The van der Waals surface area contributed by atoms with Crippen LogP contribution in [0.25, 0.3) is 0 Å². The summed E-state index contributed by atoms with van der Waals surface area (Å²) in [6, 6.07) is 5.63. The molecular weight excluding hydrogens is 284 g/mol. The molecule has 1 heterocycles. The lowest BCUT2D eigenvalue weighted by Gasteiger charge is -2.30. The summed E-state index contributed by atoms with van der Waals surface area (Å²) in [7, 11) is 2.09. The number of halogens is 1. The van der Waals surface area contributed by atoms with Gasteiger partial charge in [-0.25, -0.2) is 0 Å². The summed E-state index contributed by atoms with van der Waals surface area (Å²) < 4.78 is 12.2.